The molecule has 1 aliphatic rings. The Hall–Kier alpha value is -2.84. The number of rotatable bonds is 8. The maximum Gasteiger partial charge on any atom is 0.251 e. The van der Waals surface area contributed by atoms with Crippen molar-refractivity contribution in [3.05, 3.63) is 75.9 Å². The van der Waals surface area contributed by atoms with Crippen molar-refractivity contribution in [1.29, 1.82) is 0 Å². The Kier molecular flexibility index (Phi) is 8.46. The first-order valence-electron chi connectivity index (χ1n) is 11.5. The number of carbonyl (C=O) groups is 1. The third kappa shape index (κ3) is 6.44. The first-order chi connectivity index (χ1) is 16.9. The maximum atomic E-state index is 12.5. The van der Waals surface area contributed by atoms with Gasteiger partial charge in [0.25, 0.3) is 5.91 Å². The Labute approximate surface area is 215 Å². The van der Waals surface area contributed by atoms with Crippen molar-refractivity contribution < 1.29 is 14.3 Å². The fourth-order valence-electron chi connectivity index (χ4n) is 3.92. The number of benzene rings is 2. The van der Waals surface area contributed by atoms with Gasteiger partial charge in [-0.2, -0.15) is 0 Å². The predicted molar refractivity (Wildman–Crippen MR) is 139 cm³/mol. The van der Waals surface area contributed by atoms with Crippen LogP contribution < -0.4 is 15.8 Å². The van der Waals surface area contributed by atoms with E-state index in [1.165, 1.54) is 0 Å². The van der Waals surface area contributed by atoms with Crippen LogP contribution in [0.4, 0.5) is 5.82 Å². The number of carbonyl (C=O) groups excluding carboxylic acids is 1. The molecule has 4 rings (SSSR count). The molecule has 0 spiro atoms. The normalized spacial score (nSPS) is 14.9. The zero-order valence-corrected chi connectivity index (χ0v) is 21.0. The summed E-state index contributed by atoms with van der Waals surface area (Å²) in [6.07, 6.45) is 1.24. The number of anilines is 1. The van der Waals surface area contributed by atoms with Crippen LogP contribution in [0.2, 0.25) is 10.0 Å². The average Bonchev–Trinajstić information content (AvgIpc) is 2.86. The van der Waals surface area contributed by atoms with E-state index < -0.39 is 6.10 Å². The number of halogens is 2. The van der Waals surface area contributed by atoms with Crippen molar-refractivity contribution in [3.8, 4) is 16.9 Å². The second kappa shape index (κ2) is 11.7. The molecule has 2 aromatic carbocycles. The second-order valence-corrected chi connectivity index (χ2v) is 9.10. The Balaban J connectivity index is 1.41. The van der Waals surface area contributed by atoms with E-state index in [9.17, 15) is 4.79 Å². The van der Waals surface area contributed by atoms with E-state index in [-0.39, 0.29) is 11.7 Å². The third-order valence-corrected chi connectivity index (χ3v) is 6.55. The highest BCUT2D eigenvalue weighted by atomic mass is 35.5. The number of nitrogens with zero attached hydrogens (tertiary/aromatic N) is 2. The molecule has 7 nitrogen and oxygen atoms in total. The van der Waals surface area contributed by atoms with Gasteiger partial charge >= 0.3 is 0 Å². The predicted octanol–water partition coefficient (Wildman–Crippen LogP) is 4.84. The summed E-state index contributed by atoms with van der Waals surface area (Å²) in [4.78, 5) is 19.1. The number of amides is 1. The molecule has 0 bridgehead atoms. The lowest BCUT2D eigenvalue weighted by molar-refractivity contribution is 0.0383. The van der Waals surface area contributed by atoms with Gasteiger partial charge in [0, 0.05) is 59.1 Å². The summed E-state index contributed by atoms with van der Waals surface area (Å²) >= 11 is 12.6. The Bertz CT molecular complexity index is 1150. The average molecular weight is 515 g/mol. The van der Waals surface area contributed by atoms with E-state index in [2.05, 4.69) is 15.2 Å². The standard InChI is InChI=1S/C26H28Cl2N4O3/c1-17(24-21(27)3-2-4-22(24)28)35-23-15-20(16-31-25(23)29)18-5-7-19(8-6-18)26(33)30-9-10-32-11-13-34-14-12-32/h2-8,15-17H,9-14H2,1H3,(H2,29,31)(H,30,33). The minimum Gasteiger partial charge on any atom is -0.482 e. The number of ether oxygens (including phenoxy) is 2. The quantitative estimate of drug-likeness (QED) is 0.447. The van der Waals surface area contributed by atoms with Crippen LogP contribution in [-0.2, 0) is 4.74 Å². The van der Waals surface area contributed by atoms with Gasteiger partial charge in [-0.3, -0.25) is 9.69 Å². The van der Waals surface area contributed by atoms with E-state index >= 15 is 0 Å². The molecule has 2 heterocycles. The van der Waals surface area contributed by atoms with Gasteiger partial charge in [0.1, 0.15) is 6.10 Å². The molecule has 0 aliphatic carbocycles. The minimum absolute atomic E-state index is 0.102. The molecule has 9 heteroatoms. The van der Waals surface area contributed by atoms with Crippen molar-refractivity contribution in [2.45, 2.75) is 13.0 Å². The van der Waals surface area contributed by atoms with Crippen molar-refractivity contribution >= 4 is 34.9 Å². The number of nitrogens with one attached hydrogen (secondary N) is 1. The molecule has 1 unspecified atom stereocenters. The molecule has 1 aliphatic heterocycles. The molecule has 184 valence electrons. The molecule has 0 radical (unpaired) electrons. The van der Waals surface area contributed by atoms with Crippen LogP contribution in [-0.4, -0.2) is 55.2 Å². The molecule has 3 N–H and O–H groups in total. The van der Waals surface area contributed by atoms with E-state index in [0.29, 0.717) is 33.5 Å². The minimum atomic E-state index is -0.431. The number of aromatic nitrogens is 1. The van der Waals surface area contributed by atoms with Crippen LogP contribution in [0.25, 0.3) is 11.1 Å². The summed E-state index contributed by atoms with van der Waals surface area (Å²) in [6.45, 7) is 6.54. The SMILES string of the molecule is CC(Oc1cc(-c2ccc(C(=O)NCCN3CCOCC3)cc2)cnc1N)c1c(Cl)cccc1Cl. The molecule has 35 heavy (non-hydrogen) atoms. The third-order valence-electron chi connectivity index (χ3n) is 5.89. The lowest BCUT2D eigenvalue weighted by Crippen LogP contribution is -2.41. The van der Waals surface area contributed by atoms with Crippen LogP contribution >= 0.6 is 23.2 Å². The van der Waals surface area contributed by atoms with Crippen LogP contribution in [0.1, 0.15) is 28.9 Å². The summed E-state index contributed by atoms with van der Waals surface area (Å²) < 4.78 is 11.4. The van der Waals surface area contributed by atoms with Crippen LogP contribution in [0, 0.1) is 0 Å². The van der Waals surface area contributed by atoms with Gasteiger partial charge in [-0.1, -0.05) is 41.4 Å². The summed E-state index contributed by atoms with van der Waals surface area (Å²) in [5.41, 5.74) is 9.04. The molecule has 1 amide bonds. The molecule has 1 aromatic heterocycles. The van der Waals surface area contributed by atoms with Gasteiger partial charge in [-0.05, 0) is 42.8 Å². The van der Waals surface area contributed by atoms with E-state index in [1.807, 2.05) is 25.1 Å². The fraction of sp³-hybridized carbons (Fsp3) is 0.308. The Morgan fingerprint density at radius 3 is 2.51 bits per heavy atom. The fourth-order valence-corrected chi connectivity index (χ4v) is 4.63. The molecular formula is C26H28Cl2N4O3. The van der Waals surface area contributed by atoms with Crippen molar-refractivity contribution in [1.82, 2.24) is 15.2 Å². The van der Waals surface area contributed by atoms with Gasteiger partial charge < -0.3 is 20.5 Å². The smallest absolute Gasteiger partial charge is 0.251 e. The number of pyridine rings is 1. The highest BCUT2D eigenvalue weighted by Gasteiger charge is 2.18. The second-order valence-electron chi connectivity index (χ2n) is 8.29. The van der Waals surface area contributed by atoms with Gasteiger partial charge in [-0.15, -0.1) is 0 Å². The van der Waals surface area contributed by atoms with Gasteiger partial charge in [0.2, 0.25) is 0 Å². The number of morpholine rings is 1. The first kappa shape index (κ1) is 25.3. The van der Waals surface area contributed by atoms with E-state index in [4.69, 9.17) is 38.4 Å². The lowest BCUT2D eigenvalue weighted by atomic mass is 10.0. The van der Waals surface area contributed by atoms with Crippen LogP contribution in [0.5, 0.6) is 5.75 Å². The summed E-state index contributed by atoms with van der Waals surface area (Å²) in [7, 11) is 0. The van der Waals surface area contributed by atoms with E-state index in [0.717, 1.165) is 44.0 Å². The topological polar surface area (TPSA) is 89.7 Å². The highest BCUT2D eigenvalue weighted by molar-refractivity contribution is 6.36. The maximum absolute atomic E-state index is 12.5. The Morgan fingerprint density at radius 2 is 1.83 bits per heavy atom. The van der Waals surface area contributed by atoms with E-state index in [1.54, 1.807) is 36.5 Å². The zero-order valence-electron chi connectivity index (χ0n) is 19.5. The van der Waals surface area contributed by atoms with Crippen LogP contribution in [0.15, 0.2) is 54.7 Å². The summed E-state index contributed by atoms with van der Waals surface area (Å²) in [5.74, 6) is 0.589. The zero-order chi connectivity index (χ0) is 24.8. The lowest BCUT2D eigenvalue weighted by Gasteiger charge is -2.26. The summed E-state index contributed by atoms with van der Waals surface area (Å²) in [5, 5.41) is 4.02. The highest BCUT2D eigenvalue weighted by Crippen LogP contribution is 2.35. The number of hydrogen-bond donors (Lipinski definition) is 2. The van der Waals surface area contributed by atoms with Crippen LogP contribution in [0.3, 0.4) is 0 Å². The van der Waals surface area contributed by atoms with Gasteiger partial charge in [0.15, 0.2) is 11.6 Å². The first-order valence-corrected chi connectivity index (χ1v) is 12.2. The number of nitrogens with two attached hydrogens (primary N) is 1. The van der Waals surface area contributed by atoms with Gasteiger partial charge in [0.05, 0.1) is 13.2 Å². The van der Waals surface area contributed by atoms with Crippen molar-refractivity contribution in [3.63, 3.8) is 0 Å². The Morgan fingerprint density at radius 1 is 1.14 bits per heavy atom. The molecule has 1 saturated heterocycles. The monoisotopic (exact) mass is 514 g/mol. The summed E-state index contributed by atoms with van der Waals surface area (Å²) in [6, 6.07) is 14.5. The van der Waals surface area contributed by atoms with Crippen molar-refractivity contribution in [2.75, 3.05) is 45.1 Å². The molecule has 1 fully saturated rings. The number of nitrogen functional groups attached to an aromatic ring is 1. The largest absolute Gasteiger partial charge is 0.482 e. The molecule has 0 saturated carbocycles. The van der Waals surface area contributed by atoms with Gasteiger partial charge in [-0.25, -0.2) is 4.98 Å². The molecule has 3 aromatic rings. The van der Waals surface area contributed by atoms with Crippen molar-refractivity contribution in [2.24, 2.45) is 0 Å². The molecular weight excluding hydrogens is 487 g/mol. The number of hydrogen-bond acceptors (Lipinski definition) is 6. The molecule has 1 atom stereocenters.